The molecule has 1 aliphatic carbocycles. The zero-order valence-electron chi connectivity index (χ0n) is 10.9. The van der Waals surface area contributed by atoms with Gasteiger partial charge < -0.3 is 5.32 Å². The van der Waals surface area contributed by atoms with Crippen molar-refractivity contribution < 1.29 is 4.39 Å². The second kappa shape index (κ2) is 6.16. The lowest BCUT2D eigenvalue weighted by Gasteiger charge is -2.00. The molecule has 1 aromatic carbocycles. The fraction of sp³-hybridized carbons (Fsp3) is 0.429. The lowest BCUT2D eigenvalue weighted by molar-refractivity contribution is 0.628. The molecule has 0 saturated heterocycles. The zero-order valence-corrected chi connectivity index (χ0v) is 12.5. The Hall–Kier alpha value is -1.04. The van der Waals surface area contributed by atoms with Crippen LogP contribution in [0.5, 0.6) is 0 Å². The van der Waals surface area contributed by atoms with E-state index in [9.17, 15) is 4.39 Å². The van der Waals surface area contributed by atoms with Crippen LogP contribution in [0.15, 0.2) is 18.2 Å². The Morgan fingerprint density at radius 1 is 1.35 bits per heavy atom. The number of hydrogen-bond donors (Lipinski definition) is 1. The van der Waals surface area contributed by atoms with Crippen molar-refractivity contribution in [1.29, 1.82) is 0 Å². The smallest absolute Gasteiger partial charge is 0.149 e. The van der Waals surface area contributed by atoms with Gasteiger partial charge in [-0.1, -0.05) is 22.9 Å². The highest BCUT2D eigenvalue weighted by molar-refractivity contribution is 7.14. The molecule has 0 spiro atoms. The molecular formula is C14H15ClFN3S. The van der Waals surface area contributed by atoms with Crippen molar-refractivity contribution in [2.24, 2.45) is 0 Å². The minimum Gasteiger partial charge on any atom is -0.314 e. The zero-order chi connectivity index (χ0) is 13.9. The number of nitrogens with one attached hydrogen (secondary N) is 1. The number of halogens is 2. The van der Waals surface area contributed by atoms with Crippen LogP contribution in [0, 0.1) is 5.82 Å². The number of aromatic nitrogens is 2. The summed E-state index contributed by atoms with van der Waals surface area (Å²) >= 11 is 7.55. The summed E-state index contributed by atoms with van der Waals surface area (Å²) in [6, 6.07) is 5.09. The Labute approximate surface area is 126 Å². The fourth-order valence-corrected chi connectivity index (χ4v) is 3.19. The highest BCUT2D eigenvalue weighted by Crippen LogP contribution is 2.31. The van der Waals surface area contributed by atoms with E-state index in [-0.39, 0.29) is 5.82 Å². The van der Waals surface area contributed by atoms with Gasteiger partial charge >= 0.3 is 0 Å². The van der Waals surface area contributed by atoms with E-state index in [1.807, 2.05) is 0 Å². The third-order valence-electron chi connectivity index (χ3n) is 3.21. The molecule has 1 heterocycles. The predicted molar refractivity (Wildman–Crippen MR) is 79.7 cm³/mol. The Kier molecular flexibility index (Phi) is 4.29. The lowest BCUT2D eigenvalue weighted by atomic mass is 10.2. The Morgan fingerprint density at radius 2 is 2.20 bits per heavy atom. The molecule has 2 aromatic rings. The molecule has 6 heteroatoms. The van der Waals surface area contributed by atoms with Gasteiger partial charge in [0.05, 0.1) is 5.02 Å². The number of benzene rings is 1. The van der Waals surface area contributed by atoms with Crippen LogP contribution in [0.25, 0.3) is 10.6 Å². The van der Waals surface area contributed by atoms with Crippen molar-refractivity contribution in [3.8, 4) is 10.6 Å². The molecule has 0 radical (unpaired) electrons. The molecule has 1 fully saturated rings. The van der Waals surface area contributed by atoms with E-state index in [2.05, 4.69) is 15.5 Å². The van der Waals surface area contributed by atoms with Crippen LogP contribution in [0.4, 0.5) is 4.39 Å². The summed E-state index contributed by atoms with van der Waals surface area (Å²) in [6.07, 6.45) is 4.59. The summed E-state index contributed by atoms with van der Waals surface area (Å²) in [7, 11) is 0. The molecule has 106 valence electrons. The number of aryl methyl sites for hydroxylation is 1. The standard InChI is InChI=1S/C14H15ClFN3S/c15-12-8-9(16)3-6-11(12)14-19-18-13(20-14)2-1-7-17-10-4-5-10/h3,6,8,10,17H,1-2,4-5,7H2. The van der Waals surface area contributed by atoms with Gasteiger partial charge in [0.2, 0.25) is 0 Å². The summed E-state index contributed by atoms with van der Waals surface area (Å²) in [4.78, 5) is 0. The lowest BCUT2D eigenvalue weighted by Crippen LogP contribution is -2.17. The van der Waals surface area contributed by atoms with E-state index in [0.717, 1.165) is 41.0 Å². The van der Waals surface area contributed by atoms with Crippen LogP contribution in [0.1, 0.15) is 24.3 Å². The molecule has 0 atom stereocenters. The average molecular weight is 312 g/mol. The molecule has 1 aromatic heterocycles. The van der Waals surface area contributed by atoms with Crippen LogP contribution in [0.3, 0.4) is 0 Å². The van der Waals surface area contributed by atoms with Gasteiger partial charge in [0.1, 0.15) is 15.8 Å². The average Bonchev–Trinajstić information content (AvgIpc) is 3.13. The van der Waals surface area contributed by atoms with E-state index < -0.39 is 0 Å². The van der Waals surface area contributed by atoms with Crippen LogP contribution in [-0.4, -0.2) is 22.8 Å². The molecule has 1 saturated carbocycles. The normalized spacial score (nSPS) is 14.7. The van der Waals surface area contributed by atoms with Gasteiger partial charge in [0.15, 0.2) is 0 Å². The Bertz CT molecular complexity index is 598. The topological polar surface area (TPSA) is 37.8 Å². The molecule has 1 N–H and O–H groups in total. The second-order valence-electron chi connectivity index (χ2n) is 4.96. The van der Waals surface area contributed by atoms with Crippen molar-refractivity contribution in [3.63, 3.8) is 0 Å². The van der Waals surface area contributed by atoms with Crippen LogP contribution in [-0.2, 0) is 6.42 Å². The van der Waals surface area contributed by atoms with E-state index in [1.54, 1.807) is 6.07 Å². The van der Waals surface area contributed by atoms with E-state index >= 15 is 0 Å². The number of nitrogens with zero attached hydrogens (tertiary/aromatic N) is 2. The second-order valence-corrected chi connectivity index (χ2v) is 6.43. The van der Waals surface area contributed by atoms with Gasteiger partial charge in [-0.3, -0.25) is 0 Å². The third kappa shape index (κ3) is 3.53. The van der Waals surface area contributed by atoms with Gasteiger partial charge in [-0.2, -0.15) is 0 Å². The Balaban J connectivity index is 1.60. The van der Waals surface area contributed by atoms with Gasteiger partial charge in [0, 0.05) is 18.0 Å². The SMILES string of the molecule is Fc1ccc(-c2nnc(CCCNC3CC3)s2)c(Cl)c1. The first kappa shape index (κ1) is 13.9. The number of rotatable bonds is 6. The van der Waals surface area contributed by atoms with Crippen LogP contribution < -0.4 is 5.32 Å². The van der Waals surface area contributed by atoms with Crippen molar-refractivity contribution in [2.75, 3.05) is 6.54 Å². The van der Waals surface area contributed by atoms with E-state index in [0.29, 0.717) is 5.02 Å². The first-order valence-corrected chi connectivity index (χ1v) is 7.93. The first-order valence-electron chi connectivity index (χ1n) is 6.73. The highest BCUT2D eigenvalue weighted by Gasteiger charge is 2.19. The van der Waals surface area contributed by atoms with E-state index in [1.165, 1.54) is 36.3 Å². The van der Waals surface area contributed by atoms with Crippen LogP contribution in [0.2, 0.25) is 5.02 Å². The van der Waals surface area contributed by atoms with Crippen molar-refractivity contribution in [3.05, 3.63) is 34.0 Å². The van der Waals surface area contributed by atoms with E-state index in [4.69, 9.17) is 11.6 Å². The van der Waals surface area contributed by atoms with Crippen molar-refractivity contribution in [1.82, 2.24) is 15.5 Å². The monoisotopic (exact) mass is 311 g/mol. The summed E-state index contributed by atoms with van der Waals surface area (Å²) in [6.45, 7) is 1.02. The molecular weight excluding hydrogens is 297 g/mol. The first-order chi connectivity index (χ1) is 9.72. The van der Waals surface area contributed by atoms with Crippen molar-refractivity contribution >= 4 is 22.9 Å². The quantitative estimate of drug-likeness (QED) is 0.827. The Morgan fingerprint density at radius 3 is 2.95 bits per heavy atom. The molecule has 0 amide bonds. The van der Waals surface area contributed by atoms with Crippen LogP contribution >= 0.6 is 22.9 Å². The molecule has 0 unspecified atom stereocenters. The molecule has 3 nitrogen and oxygen atoms in total. The molecule has 3 rings (SSSR count). The molecule has 0 aliphatic heterocycles. The maximum atomic E-state index is 13.0. The van der Waals surface area contributed by atoms with Crippen molar-refractivity contribution in [2.45, 2.75) is 31.7 Å². The molecule has 1 aliphatic rings. The van der Waals surface area contributed by atoms with Gasteiger partial charge in [0.25, 0.3) is 0 Å². The summed E-state index contributed by atoms with van der Waals surface area (Å²) in [5, 5.41) is 13.9. The summed E-state index contributed by atoms with van der Waals surface area (Å²) in [5.74, 6) is -0.338. The minimum atomic E-state index is -0.338. The highest BCUT2D eigenvalue weighted by atomic mass is 35.5. The fourth-order valence-electron chi connectivity index (χ4n) is 1.96. The molecule has 20 heavy (non-hydrogen) atoms. The van der Waals surface area contributed by atoms with Gasteiger partial charge in [-0.25, -0.2) is 4.39 Å². The maximum Gasteiger partial charge on any atom is 0.149 e. The third-order valence-corrected chi connectivity index (χ3v) is 4.54. The van der Waals surface area contributed by atoms with Gasteiger partial charge in [-0.15, -0.1) is 10.2 Å². The molecule has 0 bridgehead atoms. The largest absolute Gasteiger partial charge is 0.314 e. The van der Waals surface area contributed by atoms with Gasteiger partial charge in [-0.05, 0) is 44.0 Å². The minimum absolute atomic E-state index is 0.338. The number of hydrogen-bond acceptors (Lipinski definition) is 4. The summed E-state index contributed by atoms with van der Waals surface area (Å²) in [5.41, 5.74) is 0.743. The maximum absolute atomic E-state index is 13.0. The summed E-state index contributed by atoms with van der Waals surface area (Å²) < 4.78 is 13.0. The predicted octanol–water partition coefficient (Wildman–Crippen LogP) is 3.68.